The summed E-state index contributed by atoms with van der Waals surface area (Å²) >= 11 is 1.42. The Morgan fingerprint density at radius 2 is 1.83 bits per heavy atom. The average molecular weight is 281 g/mol. The van der Waals surface area contributed by atoms with Crippen LogP contribution in [-0.2, 0) is 21.2 Å². The van der Waals surface area contributed by atoms with Crippen LogP contribution in [0.5, 0.6) is 0 Å². The number of benzene rings is 1. The number of sulfonamides is 1. The number of nitrogens with one attached hydrogen (secondary N) is 1. The fourth-order valence-electron chi connectivity index (χ4n) is 1.42. The molecule has 1 heterocycles. The molecule has 18 heavy (non-hydrogen) atoms. The second-order valence-electron chi connectivity index (χ2n) is 3.60. The Morgan fingerprint density at radius 3 is 2.44 bits per heavy atom. The zero-order valence-corrected chi connectivity index (χ0v) is 11.0. The first-order chi connectivity index (χ1) is 8.58. The molecule has 0 unspecified atom stereocenters. The molecule has 4 nitrogen and oxygen atoms in total. The monoisotopic (exact) mass is 281 g/mol. The molecule has 0 radical (unpaired) electrons. The van der Waals surface area contributed by atoms with E-state index in [4.69, 9.17) is 0 Å². The fourth-order valence-corrected chi connectivity index (χ4v) is 3.12. The van der Waals surface area contributed by atoms with E-state index in [1.807, 2.05) is 11.4 Å². The number of amides is 1. The molecule has 6 heteroatoms. The molecule has 1 aromatic heterocycles. The maximum Gasteiger partial charge on any atom is 0.264 e. The van der Waals surface area contributed by atoms with Crippen molar-refractivity contribution in [2.45, 2.75) is 11.3 Å². The maximum absolute atomic E-state index is 11.8. The molecule has 0 fully saturated rings. The maximum atomic E-state index is 11.8. The first-order valence-corrected chi connectivity index (χ1v) is 7.57. The molecule has 0 aliphatic rings. The third kappa shape index (κ3) is 3.18. The summed E-state index contributed by atoms with van der Waals surface area (Å²) < 4.78 is 25.7. The first kappa shape index (κ1) is 12.8. The number of thiophene rings is 1. The van der Waals surface area contributed by atoms with Gasteiger partial charge in [0.2, 0.25) is 5.91 Å². The standard InChI is InChI=1S/C12H11NO3S2/c14-12(9-10-5-4-8-17-10)13-18(15,16)11-6-2-1-3-7-11/h1-8H,9H2,(H,13,14). The van der Waals surface area contributed by atoms with Crippen molar-refractivity contribution in [3.05, 3.63) is 52.7 Å². The van der Waals surface area contributed by atoms with Gasteiger partial charge in [-0.1, -0.05) is 24.3 Å². The highest BCUT2D eigenvalue weighted by atomic mass is 32.2. The lowest BCUT2D eigenvalue weighted by Crippen LogP contribution is -2.31. The van der Waals surface area contributed by atoms with E-state index in [1.54, 1.807) is 24.3 Å². The van der Waals surface area contributed by atoms with E-state index < -0.39 is 15.9 Å². The predicted molar refractivity (Wildman–Crippen MR) is 69.8 cm³/mol. The Hall–Kier alpha value is -1.66. The Labute approximate surface area is 109 Å². The molecule has 0 aliphatic heterocycles. The van der Waals surface area contributed by atoms with E-state index in [1.165, 1.54) is 23.5 Å². The third-order valence-electron chi connectivity index (χ3n) is 2.22. The van der Waals surface area contributed by atoms with Gasteiger partial charge in [-0.15, -0.1) is 11.3 Å². The molecule has 2 aromatic rings. The molecule has 0 spiro atoms. The van der Waals surface area contributed by atoms with Crippen LogP contribution in [0.1, 0.15) is 4.88 Å². The Balaban J connectivity index is 2.07. The van der Waals surface area contributed by atoms with Crippen LogP contribution in [0, 0.1) is 0 Å². The molecule has 0 saturated heterocycles. The van der Waals surface area contributed by atoms with Crippen LogP contribution in [-0.4, -0.2) is 14.3 Å². The first-order valence-electron chi connectivity index (χ1n) is 5.21. The van der Waals surface area contributed by atoms with Gasteiger partial charge in [-0.05, 0) is 23.6 Å². The smallest absolute Gasteiger partial charge is 0.264 e. The van der Waals surface area contributed by atoms with Crippen molar-refractivity contribution >= 4 is 27.3 Å². The van der Waals surface area contributed by atoms with Crippen molar-refractivity contribution in [3.63, 3.8) is 0 Å². The zero-order valence-electron chi connectivity index (χ0n) is 9.37. The van der Waals surface area contributed by atoms with Gasteiger partial charge < -0.3 is 0 Å². The normalized spacial score (nSPS) is 11.1. The molecule has 0 bridgehead atoms. The predicted octanol–water partition coefficient (Wildman–Crippen LogP) is 1.80. The van der Waals surface area contributed by atoms with Crippen LogP contribution in [0.15, 0.2) is 52.7 Å². The fraction of sp³-hybridized carbons (Fsp3) is 0.0833. The Bertz CT molecular complexity index is 619. The van der Waals surface area contributed by atoms with E-state index in [0.29, 0.717) is 0 Å². The van der Waals surface area contributed by atoms with Gasteiger partial charge in [0.1, 0.15) is 0 Å². The van der Waals surface area contributed by atoms with E-state index in [2.05, 4.69) is 4.72 Å². The van der Waals surface area contributed by atoms with Gasteiger partial charge >= 0.3 is 0 Å². The van der Waals surface area contributed by atoms with Crippen molar-refractivity contribution in [1.82, 2.24) is 4.72 Å². The highest BCUT2D eigenvalue weighted by Crippen LogP contribution is 2.11. The van der Waals surface area contributed by atoms with Crippen molar-refractivity contribution in [1.29, 1.82) is 0 Å². The highest BCUT2D eigenvalue weighted by molar-refractivity contribution is 7.90. The van der Waals surface area contributed by atoms with Gasteiger partial charge in [-0.2, -0.15) is 0 Å². The topological polar surface area (TPSA) is 63.2 Å². The minimum atomic E-state index is -3.76. The molecule has 1 N–H and O–H groups in total. The minimum Gasteiger partial charge on any atom is -0.274 e. The van der Waals surface area contributed by atoms with Crippen LogP contribution in [0.4, 0.5) is 0 Å². The summed E-state index contributed by atoms with van der Waals surface area (Å²) in [5.74, 6) is -0.527. The molecule has 94 valence electrons. The number of rotatable bonds is 4. The van der Waals surface area contributed by atoms with Crippen LogP contribution in [0.25, 0.3) is 0 Å². The summed E-state index contributed by atoms with van der Waals surface area (Å²) in [4.78, 5) is 12.5. The Kier molecular flexibility index (Phi) is 3.78. The summed E-state index contributed by atoms with van der Waals surface area (Å²) in [6.07, 6.45) is 0.0731. The lowest BCUT2D eigenvalue weighted by atomic mass is 10.3. The molecule has 0 saturated carbocycles. The van der Waals surface area contributed by atoms with Crippen LogP contribution in [0.3, 0.4) is 0 Å². The second-order valence-corrected chi connectivity index (χ2v) is 6.31. The lowest BCUT2D eigenvalue weighted by molar-refractivity contribution is -0.118. The lowest BCUT2D eigenvalue weighted by Gasteiger charge is -2.05. The highest BCUT2D eigenvalue weighted by Gasteiger charge is 2.17. The van der Waals surface area contributed by atoms with Gasteiger partial charge in [0, 0.05) is 4.88 Å². The minimum absolute atomic E-state index is 0.0731. The van der Waals surface area contributed by atoms with Gasteiger partial charge in [-0.25, -0.2) is 13.1 Å². The van der Waals surface area contributed by atoms with Gasteiger partial charge in [0.05, 0.1) is 11.3 Å². The van der Waals surface area contributed by atoms with Gasteiger partial charge in [0.25, 0.3) is 10.0 Å². The summed E-state index contributed by atoms with van der Waals surface area (Å²) in [7, 11) is -3.76. The second kappa shape index (κ2) is 5.32. The number of hydrogen-bond donors (Lipinski definition) is 1. The molecule has 0 aliphatic carbocycles. The summed E-state index contributed by atoms with van der Waals surface area (Å²) in [5, 5.41) is 1.84. The van der Waals surface area contributed by atoms with Crippen molar-refractivity contribution in [2.75, 3.05) is 0 Å². The SMILES string of the molecule is O=C(Cc1cccs1)NS(=O)(=O)c1ccccc1. The summed E-state index contributed by atoms with van der Waals surface area (Å²) in [6, 6.07) is 11.4. The van der Waals surface area contributed by atoms with E-state index in [-0.39, 0.29) is 11.3 Å². The van der Waals surface area contributed by atoms with Crippen molar-refractivity contribution in [2.24, 2.45) is 0 Å². The summed E-state index contributed by atoms with van der Waals surface area (Å²) in [6.45, 7) is 0. The quantitative estimate of drug-likeness (QED) is 0.929. The molecular weight excluding hydrogens is 270 g/mol. The summed E-state index contributed by atoms with van der Waals surface area (Å²) in [5.41, 5.74) is 0. The largest absolute Gasteiger partial charge is 0.274 e. The van der Waals surface area contributed by atoms with E-state index >= 15 is 0 Å². The number of carbonyl (C=O) groups is 1. The van der Waals surface area contributed by atoms with Crippen molar-refractivity contribution in [3.8, 4) is 0 Å². The Morgan fingerprint density at radius 1 is 1.11 bits per heavy atom. The zero-order chi connectivity index (χ0) is 13.0. The van der Waals surface area contributed by atoms with Gasteiger partial charge in [-0.3, -0.25) is 4.79 Å². The van der Waals surface area contributed by atoms with Gasteiger partial charge in [0.15, 0.2) is 0 Å². The van der Waals surface area contributed by atoms with Crippen LogP contribution >= 0.6 is 11.3 Å². The average Bonchev–Trinajstić information content (AvgIpc) is 2.82. The van der Waals surface area contributed by atoms with E-state index in [0.717, 1.165) is 4.88 Å². The van der Waals surface area contributed by atoms with E-state index in [9.17, 15) is 13.2 Å². The molecule has 0 atom stereocenters. The molecule has 1 amide bonds. The van der Waals surface area contributed by atoms with Crippen molar-refractivity contribution < 1.29 is 13.2 Å². The number of carbonyl (C=O) groups excluding carboxylic acids is 1. The molecule has 2 rings (SSSR count). The van der Waals surface area contributed by atoms with Crippen LogP contribution < -0.4 is 4.72 Å². The third-order valence-corrected chi connectivity index (χ3v) is 4.48. The molecule has 1 aromatic carbocycles. The molecular formula is C12H11NO3S2. The number of hydrogen-bond acceptors (Lipinski definition) is 4. The van der Waals surface area contributed by atoms with Crippen LogP contribution in [0.2, 0.25) is 0 Å².